The third-order valence-electron chi connectivity index (χ3n) is 3.73. The Morgan fingerprint density at radius 1 is 1.00 bits per heavy atom. The minimum Gasteiger partial charge on any atom is -0.322 e. The molecule has 2 N–H and O–H groups in total. The maximum Gasteiger partial charge on any atom is 0.258 e. The molecule has 1 aromatic heterocycles. The first-order valence-corrected chi connectivity index (χ1v) is 8.00. The zero-order chi connectivity index (χ0) is 18.5. The van der Waals surface area contributed by atoms with Crippen LogP contribution in [0.25, 0.3) is 0 Å². The molecule has 0 unspecified atom stereocenters. The summed E-state index contributed by atoms with van der Waals surface area (Å²) in [4.78, 5) is 20.1. The molecular weight excluding hydrogens is 338 g/mol. The van der Waals surface area contributed by atoms with Crippen LogP contribution in [-0.2, 0) is 6.42 Å². The molecule has 2 aromatic carbocycles. The Balaban J connectivity index is 1.69. The van der Waals surface area contributed by atoms with Crippen molar-refractivity contribution in [1.29, 1.82) is 0 Å². The van der Waals surface area contributed by atoms with E-state index in [2.05, 4.69) is 20.6 Å². The number of amides is 1. The zero-order valence-electron chi connectivity index (χ0n) is 14.0. The Morgan fingerprint density at radius 2 is 1.62 bits per heavy atom. The van der Waals surface area contributed by atoms with Crippen LogP contribution in [0.3, 0.4) is 0 Å². The quantitative estimate of drug-likeness (QED) is 0.716. The van der Waals surface area contributed by atoms with Gasteiger partial charge in [-0.3, -0.25) is 4.79 Å². The van der Waals surface area contributed by atoms with Crippen LogP contribution in [0.4, 0.5) is 26.1 Å². The summed E-state index contributed by atoms with van der Waals surface area (Å²) >= 11 is 0. The second-order valence-electron chi connectivity index (χ2n) is 5.52. The van der Waals surface area contributed by atoms with Crippen LogP contribution in [-0.4, -0.2) is 15.9 Å². The number of carbonyl (C=O) groups excluding carboxylic acids is 1. The van der Waals surface area contributed by atoms with E-state index in [4.69, 9.17) is 0 Å². The number of benzene rings is 2. The minimum absolute atomic E-state index is 0.0159. The van der Waals surface area contributed by atoms with E-state index in [0.29, 0.717) is 5.69 Å². The number of hydrogen-bond acceptors (Lipinski definition) is 4. The highest BCUT2D eigenvalue weighted by Gasteiger charge is 2.11. The van der Waals surface area contributed by atoms with Crippen LogP contribution < -0.4 is 10.6 Å². The van der Waals surface area contributed by atoms with Gasteiger partial charge in [-0.25, -0.2) is 18.7 Å². The van der Waals surface area contributed by atoms with Gasteiger partial charge in [0.25, 0.3) is 5.91 Å². The molecule has 0 aliphatic carbocycles. The lowest BCUT2D eigenvalue weighted by Gasteiger charge is -2.08. The Labute approximate surface area is 149 Å². The first kappa shape index (κ1) is 17.5. The minimum atomic E-state index is -0.758. The third kappa shape index (κ3) is 4.00. The number of nitrogens with zero attached hydrogens (tertiary/aromatic N) is 2. The fraction of sp³-hybridized carbons (Fsp3) is 0.105. The molecule has 0 bridgehead atoms. The molecular formula is C19H16F2N4O. The van der Waals surface area contributed by atoms with Crippen LogP contribution in [0.5, 0.6) is 0 Å². The Kier molecular flexibility index (Phi) is 5.17. The highest BCUT2D eigenvalue weighted by atomic mass is 19.1. The molecule has 5 nitrogen and oxygen atoms in total. The summed E-state index contributed by atoms with van der Waals surface area (Å²) in [6.45, 7) is 2.05. The van der Waals surface area contributed by atoms with Gasteiger partial charge >= 0.3 is 0 Å². The van der Waals surface area contributed by atoms with Gasteiger partial charge in [0.15, 0.2) is 0 Å². The van der Waals surface area contributed by atoms with Gasteiger partial charge in [0.2, 0.25) is 5.95 Å². The first-order chi connectivity index (χ1) is 12.6. The Morgan fingerprint density at radius 3 is 2.19 bits per heavy atom. The van der Waals surface area contributed by atoms with Crippen molar-refractivity contribution in [2.24, 2.45) is 0 Å². The number of carbonyl (C=O) groups is 1. The molecule has 0 saturated carbocycles. The summed E-state index contributed by atoms with van der Waals surface area (Å²) in [5, 5.41) is 5.20. The normalized spacial score (nSPS) is 10.4. The summed E-state index contributed by atoms with van der Waals surface area (Å²) in [5.74, 6) is -1.91. The zero-order valence-corrected chi connectivity index (χ0v) is 14.0. The van der Waals surface area contributed by atoms with E-state index < -0.39 is 11.6 Å². The summed E-state index contributed by atoms with van der Waals surface area (Å²) in [6, 6.07) is 11.0. The standard InChI is InChI=1S/C19H16F2N4O/c1-2-12-6-8-14(9-7-12)24-18(26)13-10-22-19(23-11-13)25-17-15(20)4-3-5-16(17)21/h3-11H,2H2,1H3,(H,24,26)(H,22,23,25). The monoisotopic (exact) mass is 354 g/mol. The molecule has 132 valence electrons. The summed E-state index contributed by atoms with van der Waals surface area (Å²) < 4.78 is 27.2. The molecule has 3 rings (SSSR count). The lowest BCUT2D eigenvalue weighted by atomic mass is 10.1. The highest BCUT2D eigenvalue weighted by molar-refractivity contribution is 6.03. The van der Waals surface area contributed by atoms with Crippen LogP contribution in [0, 0.1) is 11.6 Å². The predicted molar refractivity (Wildman–Crippen MR) is 95.4 cm³/mol. The van der Waals surface area contributed by atoms with Crippen molar-refractivity contribution in [3.05, 3.63) is 77.6 Å². The Bertz CT molecular complexity index is 892. The molecule has 0 spiro atoms. The largest absolute Gasteiger partial charge is 0.322 e. The molecule has 0 fully saturated rings. The summed E-state index contributed by atoms with van der Waals surface area (Å²) in [6.07, 6.45) is 3.48. The first-order valence-electron chi connectivity index (χ1n) is 8.00. The van der Waals surface area contributed by atoms with Crippen molar-refractivity contribution in [3.8, 4) is 0 Å². The van der Waals surface area contributed by atoms with E-state index in [9.17, 15) is 13.6 Å². The number of anilines is 3. The smallest absolute Gasteiger partial charge is 0.258 e. The molecule has 7 heteroatoms. The molecule has 1 amide bonds. The van der Waals surface area contributed by atoms with Crippen LogP contribution >= 0.6 is 0 Å². The fourth-order valence-electron chi connectivity index (χ4n) is 2.27. The highest BCUT2D eigenvalue weighted by Crippen LogP contribution is 2.21. The molecule has 0 aliphatic rings. The van der Waals surface area contributed by atoms with Crippen LogP contribution in [0.15, 0.2) is 54.9 Å². The maximum absolute atomic E-state index is 13.6. The lowest BCUT2D eigenvalue weighted by molar-refractivity contribution is 0.102. The molecule has 0 aliphatic heterocycles. The number of para-hydroxylation sites is 1. The van der Waals surface area contributed by atoms with Gasteiger partial charge in [0.05, 0.1) is 5.56 Å². The number of hydrogen-bond donors (Lipinski definition) is 2. The van der Waals surface area contributed by atoms with Gasteiger partial charge in [0, 0.05) is 18.1 Å². The van der Waals surface area contributed by atoms with Gasteiger partial charge in [-0.05, 0) is 36.2 Å². The number of halogens is 2. The molecule has 0 saturated heterocycles. The fourth-order valence-corrected chi connectivity index (χ4v) is 2.27. The number of aromatic nitrogens is 2. The Hall–Kier alpha value is -3.35. The van der Waals surface area contributed by atoms with E-state index in [1.807, 2.05) is 31.2 Å². The van der Waals surface area contributed by atoms with Crippen LogP contribution in [0.2, 0.25) is 0 Å². The second-order valence-corrected chi connectivity index (χ2v) is 5.52. The van der Waals surface area contributed by atoms with Crippen molar-refractivity contribution < 1.29 is 13.6 Å². The molecule has 1 heterocycles. The molecule has 3 aromatic rings. The van der Waals surface area contributed by atoms with E-state index in [1.165, 1.54) is 24.0 Å². The van der Waals surface area contributed by atoms with Crippen molar-refractivity contribution >= 4 is 23.2 Å². The van der Waals surface area contributed by atoms with Crippen molar-refractivity contribution in [2.45, 2.75) is 13.3 Å². The van der Waals surface area contributed by atoms with Crippen molar-refractivity contribution in [1.82, 2.24) is 9.97 Å². The van der Waals surface area contributed by atoms with E-state index in [-0.39, 0.29) is 23.1 Å². The van der Waals surface area contributed by atoms with Crippen LogP contribution in [0.1, 0.15) is 22.8 Å². The summed E-state index contributed by atoms with van der Waals surface area (Å²) in [5.41, 5.74) is 1.70. The molecule has 26 heavy (non-hydrogen) atoms. The average Bonchev–Trinajstić information content (AvgIpc) is 2.66. The molecule has 0 radical (unpaired) electrons. The average molecular weight is 354 g/mol. The second kappa shape index (κ2) is 7.69. The van der Waals surface area contributed by atoms with E-state index >= 15 is 0 Å². The van der Waals surface area contributed by atoms with E-state index in [1.54, 1.807) is 0 Å². The van der Waals surface area contributed by atoms with Crippen molar-refractivity contribution in [2.75, 3.05) is 10.6 Å². The van der Waals surface area contributed by atoms with Gasteiger partial charge < -0.3 is 10.6 Å². The SMILES string of the molecule is CCc1ccc(NC(=O)c2cnc(Nc3c(F)cccc3F)nc2)cc1. The van der Waals surface area contributed by atoms with Crippen molar-refractivity contribution in [3.63, 3.8) is 0 Å². The number of rotatable bonds is 5. The summed E-state index contributed by atoms with van der Waals surface area (Å²) in [7, 11) is 0. The number of aryl methyl sites for hydroxylation is 1. The molecule has 0 atom stereocenters. The van der Waals surface area contributed by atoms with Gasteiger partial charge in [-0.15, -0.1) is 0 Å². The lowest BCUT2D eigenvalue weighted by Crippen LogP contribution is -2.13. The topological polar surface area (TPSA) is 66.9 Å². The predicted octanol–water partition coefficient (Wildman–Crippen LogP) is 4.31. The maximum atomic E-state index is 13.6. The van der Waals surface area contributed by atoms with Gasteiger partial charge in [-0.2, -0.15) is 0 Å². The third-order valence-corrected chi connectivity index (χ3v) is 3.73. The van der Waals surface area contributed by atoms with E-state index in [0.717, 1.165) is 18.6 Å². The number of nitrogens with one attached hydrogen (secondary N) is 2. The van der Waals surface area contributed by atoms with Gasteiger partial charge in [0.1, 0.15) is 17.3 Å². The van der Waals surface area contributed by atoms with Gasteiger partial charge in [-0.1, -0.05) is 25.1 Å².